The molecule has 1 saturated heterocycles. The number of rotatable bonds is 2. The standard InChI is InChI=1S/C14H17F2NO2/c15-12-7-4-6-11(13(12)16)14(19)17-8-3-1-2-5-10(17)9-18/h4,6-7,10,18H,1-3,5,8-9H2. The Bertz CT molecular complexity index is 465. The Morgan fingerprint density at radius 3 is 2.84 bits per heavy atom. The fourth-order valence-electron chi connectivity index (χ4n) is 2.46. The van der Waals surface area contributed by atoms with Crippen LogP contribution in [0.15, 0.2) is 18.2 Å². The van der Waals surface area contributed by atoms with Gasteiger partial charge in [-0.3, -0.25) is 4.79 Å². The van der Waals surface area contributed by atoms with Crippen LogP contribution in [0.3, 0.4) is 0 Å². The zero-order valence-corrected chi connectivity index (χ0v) is 10.6. The third-order valence-corrected chi connectivity index (χ3v) is 3.53. The molecule has 1 aliphatic rings. The number of nitrogens with zero attached hydrogens (tertiary/aromatic N) is 1. The van der Waals surface area contributed by atoms with Crippen molar-refractivity contribution in [2.45, 2.75) is 31.7 Å². The highest BCUT2D eigenvalue weighted by Gasteiger charge is 2.28. The van der Waals surface area contributed by atoms with Crippen molar-refractivity contribution < 1.29 is 18.7 Å². The van der Waals surface area contributed by atoms with E-state index in [2.05, 4.69) is 0 Å². The van der Waals surface area contributed by atoms with Gasteiger partial charge in [-0.25, -0.2) is 8.78 Å². The van der Waals surface area contributed by atoms with Gasteiger partial charge in [0.05, 0.1) is 18.2 Å². The molecule has 19 heavy (non-hydrogen) atoms. The molecule has 1 unspecified atom stereocenters. The Morgan fingerprint density at radius 1 is 1.32 bits per heavy atom. The summed E-state index contributed by atoms with van der Waals surface area (Å²) in [6.45, 7) is 0.322. The highest BCUT2D eigenvalue weighted by Crippen LogP contribution is 2.21. The summed E-state index contributed by atoms with van der Waals surface area (Å²) in [7, 11) is 0. The normalized spacial score (nSPS) is 20.2. The zero-order chi connectivity index (χ0) is 13.8. The summed E-state index contributed by atoms with van der Waals surface area (Å²) in [4.78, 5) is 13.8. The average molecular weight is 269 g/mol. The smallest absolute Gasteiger partial charge is 0.257 e. The number of hydrogen-bond donors (Lipinski definition) is 1. The third-order valence-electron chi connectivity index (χ3n) is 3.53. The lowest BCUT2D eigenvalue weighted by molar-refractivity contribution is 0.0594. The molecular formula is C14H17F2NO2. The minimum atomic E-state index is -1.12. The van der Waals surface area contributed by atoms with Gasteiger partial charge in [-0.05, 0) is 25.0 Å². The molecule has 1 aromatic rings. The topological polar surface area (TPSA) is 40.5 Å². The molecule has 2 rings (SSSR count). The van der Waals surface area contributed by atoms with E-state index in [0.717, 1.165) is 25.3 Å². The van der Waals surface area contributed by atoms with Crippen LogP contribution in [0, 0.1) is 11.6 Å². The highest BCUT2D eigenvalue weighted by molar-refractivity contribution is 5.94. The number of aliphatic hydroxyl groups is 1. The van der Waals surface area contributed by atoms with Crippen LogP contribution < -0.4 is 0 Å². The van der Waals surface area contributed by atoms with Crippen LogP contribution >= 0.6 is 0 Å². The van der Waals surface area contributed by atoms with E-state index < -0.39 is 17.5 Å². The van der Waals surface area contributed by atoms with Crippen LogP contribution in [0.1, 0.15) is 36.0 Å². The van der Waals surface area contributed by atoms with E-state index in [-0.39, 0.29) is 18.2 Å². The number of carbonyl (C=O) groups is 1. The van der Waals surface area contributed by atoms with Crippen molar-refractivity contribution in [3.05, 3.63) is 35.4 Å². The molecule has 1 fully saturated rings. The highest BCUT2D eigenvalue weighted by atomic mass is 19.2. The maximum atomic E-state index is 13.7. The van der Waals surface area contributed by atoms with Crippen molar-refractivity contribution in [2.24, 2.45) is 0 Å². The first-order valence-electron chi connectivity index (χ1n) is 6.51. The lowest BCUT2D eigenvalue weighted by Crippen LogP contribution is -2.42. The van der Waals surface area contributed by atoms with Crippen LogP contribution in [0.25, 0.3) is 0 Å². The molecule has 0 aliphatic carbocycles. The van der Waals surface area contributed by atoms with Crippen LogP contribution in [-0.2, 0) is 0 Å². The first-order valence-corrected chi connectivity index (χ1v) is 6.51. The van der Waals surface area contributed by atoms with Gasteiger partial charge in [0.2, 0.25) is 0 Å². The van der Waals surface area contributed by atoms with Gasteiger partial charge in [0, 0.05) is 6.54 Å². The van der Waals surface area contributed by atoms with Gasteiger partial charge in [0.15, 0.2) is 11.6 Å². The van der Waals surface area contributed by atoms with Crippen molar-refractivity contribution >= 4 is 5.91 Å². The third kappa shape index (κ3) is 2.92. The van der Waals surface area contributed by atoms with Gasteiger partial charge in [0.25, 0.3) is 5.91 Å². The SMILES string of the molecule is O=C(c1cccc(F)c1F)N1CCCCCC1CO. The number of likely N-dealkylation sites (tertiary alicyclic amines) is 1. The second-order valence-electron chi connectivity index (χ2n) is 4.79. The van der Waals surface area contributed by atoms with Gasteiger partial charge in [-0.1, -0.05) is 18.9 Å². The molecule has 1 amide bonds. The molecule has 1 N–H and O–H groups in total. The van der Waals surface area contributed by atoms with E-state index in [1.165, 1.54) is 17.0 Å². The quantitative estimate of drug-likeness (QED) is 0.895. The second-order valence-corrected chi connectivity index (χ2v) is 4.79. The number of hydrogen-bond acceptors (Lipinski definition) is 2. The van der Waals surface area contributed by atoms with Crippen LogP contribution in [0.5, 0.6) is 0 Å². The molecule has 3 nitrogen and oxygen atoms in total. The lowest BCUT2D eigenvalue weighted by atomic mass is 10.1. The van der Waals surface area contributed by atoms with E-state index in [4.69, 9.17) is 0 Å². The molecule has 1 heterocycles. The summed E-state index contributed by atoms with van der Waals surface area (Å²) < 4.78 is 26.8. The summed E-state index contributed by atoms with van der Waals surface area (Å²) in [5, 5.41) is 9.34. The van der Waals surface area contributed by atoms with Gasteiger partial charge in [-0.2, -0.15) is 0 Å². The van der Waals surface area contributed by atoms with E-state index in [0.29, 0.717) is 13.0 Å². The minimum Gasteiger partial charge on any atom is -0.394 e. The predicted octanol–water partition coefficient (Wildman–Crippen LogP) is 2.34. The Labute approximate surface area is 110 Å². The molecule has 0 bridgehead atoms. The van der Waals surface area contributed by atoms with Crippen LogP contribution in [-0.4, -0.2) is 35.1 Å². The molecule has 1 aromatic carbocycles. The van der Waals surface area contributed by atoms with E-state index >= 15 is 0 Å². The summed E-state index contributed by atoms with van der Waals surface area (Å²) >= 11 is 0. The van der Waals surface area contributed by atoms with Crippen molar-refractivity contribution in [3.8, 4) is 0 Å². The minimum absolute atomic E-state index is 0.150. The fourth-order valence-corrected chi connectivity index (χ4v) is 2.46. The van der Waals surface area contributed by atoms with Crippen LogP contribution in [0.2, 0.25) is 0 Å². The Morgan fingerprint density at radius 2 is 2.11 bits per heavy atom. The lowest BCUT2D eigenvalue weighted by Gasteiger charge is -2.28. The van der Waals surface area contributed by atoms with Gasteiger partial charge in [-0.15, -0.1) is 0 Å². The van der Waals surface area contributed by atoms with Crippen LogP contribution in [0.4, 0.5) is 8.78 Å². The zero-order valence-electron chi connectivity index (χ0n) is 10.6. The first-order chi connectivity index (χ1) is 9.15. The van der Waals surface area contributed by atoms with Crippen molar-refractivity contribution in [1.82, 2.24) is 4.90 Å². The summed E-state index contributed by atoms with van der Waals surface area (Å²) in [5.74, 6) is -2.69. The summed E-state index contributed by atoms with van der Waals surface area (Å²) in [6, 6.07) is 3.27. The largest absolute Gasteiger partial charge is 0.394 e. The molecule has 0 radical (unpaired) electrons. The molecule has 5 heteroatoms. The molecule has 1 aliphatic heterocycles. The number of carbonyl (C=O) groups excluding carboxylic acids is 1. The number of aliphatic hydroxyl groups excluding tert-OH is 1. The maximum Gasteiger partial charge on any atom is 0.257 e. The van der Waals surface area contributed by atoms with E-state index in [9.17, 15) is 18.7 Å². The van der Waals surface area contributed by atoms with E-state index in [1.54, 1.807) is 0 Å². The monoisotopic (exact) mass is 269 g/mol. The Balaban J connectivity index is 2.28. The van der Waals surface area contributed by atoms with E-state index in [1.807, 2.05) is 0 Å². The average Bonchev–Trinajstić information content (AvgIpc) is 2.66. The Kier molecular flexibility index (Phi) is 4.47. The fraction of sp³-hybridized carbons (Fsp3) is 0.500. The maximum absolute atomic E-state index is 13.7. The molecular weight excluding hydrogens is 252 g/mol. The summed E-state index contributed by atoms with van der Waals surface area (Å²) in [6.07, 6.45) is 3.42. The number of benzene rings is 1. The molecule has 0 saturated carbocycles. The predicted molar refractivity (Wildman–Crippen MR) is 66.7 cm³/mol. The van der Waals surface area contributed by atoms with Crippen molar-refractivity contribution in [2.75, 3.05) is 13.2 Å². The molecule has 1 atom stereocenters. The number of halogens is 2. The first kappa shape index (κ1) is 13.9. The van der Waals surface area contributed by atoms with Gasteiger partial charge >= 0.3 is 0 Å². The van der Waals surface area contributed by atoms with Gasteiger partial charge in [0.1, 0.15) is 0 Å². The summed E-state index contributed by atoms with van der Waals surface area (Å²) in [5.41, 5.74) is -0.264. The molecule has 104 valence electrons. The van der Waals surface area contributed by atoms with Gasteiger partial charge < -0.3 is 10.0 Å². The van der Waals surface area contributed by atoms with Crippen molar-refractivity contribution in [1.29, 1.82) is 0 Å². The number of amides is 1. The van der Waals surface area contributed by atoms with Crippen molar-refractivity contribution in [3.63, 3.8) is 0 Å². The second kappa shape index (κ2) is 6.10. The molecule has 0 spiro atoms. The molecule has 0 aromatic heterocycles. The Hall–Kier alpha value is -1.49.